The zero-order valence-corrected chi connectivity index (χ0v) is 6.98. The van der Waals surface area contributed by atoms with E-state index in [0.29, 0.717) is 6.07 Å². The number of nitro groups is 1. The molecule has 1 N–H and O–H groups in total. The Morgan fingerprint density at radius 1 is 1.57 bits per heavy atom. The van der Waals surface area contributed by atoms with E-state index in [4.69, 9.17) is 5.11 Å². The van der Waals surface area contributed by atoms with Crippen molar-refractivity contribution in [3.8, 4) is 0 Å². The lowest BCUT2D eigenvalue weighted by Gasteiger charge is -2.06. The van der Waals surface area contributed by atoms with Crippen molar-refractivity contribution in [2.24, 2.45) is 0 Å². The highest BCUT2D eigenvalue weighted by atomic mass is 19.1. The van der Waals surface area contributed by atoms with Crippen LogP contribution in [0.3, 0.4) is 0 Å². The number of rotatable bonds is 3. The molecule has 0 aliphatic rings. The second-order valence-corrected chi connectivity index (χ2v) is 2.63. The Kier molecular flexibility index (Phi) is 3.08. The van der Waals surface area contributed by atoms with Crippen LogP contribution < -0.4 is 0 Å². The molecule has 0 spiro atoms. The van der Waals surface area contributed by atoms with Crippen molar-refractivity contribution in [2.45, 2.75) is 6.10 Å². The molecule has 1 aromatic carbocycles. The molecule has 0 fully saturated rings. The zero-order chi connectivity index (χ0) is 10.7. The topological polar surface area (TPSA) is 63.4 Å². The van der Waals surface area contributed by atoms with E-state index in [0.717, 1.165) is 12.1 Å². The molecule has 0 bridgehead atoms. The summed E-state index contributed by atoms with van der Waals surface area (Å²) in [5, 5.41) is 19.2. The number of hydrogen-bond acceptors (Lipinski definition) is 3. The lowest BCUT2D eigenvalue weighted by molar-refractivity contribution is -0.385. The van der Waals surface area contributed by atoms with Gasteiger partial charge in [0.05, 0.1) is 11.0 Å². The summed E-state index contributed by atoms with van der Waals surface area (Å²) in [6, 6.07) is 2.66. The SMILES string of the molecule is O=[N+]([O-])c1ccc(C(O)CF)c(F)c1. The van der Waals surface area contributed by atoms with E-state index in [9.17, 15) is 18.9 Å². The molecule has 4 nitrogen and oxygen atoms in total. The molecule has 1 aromatic rings. The average molecular weight is 203 g/mol. The van der Waals surface area contributed by atoms with Crippen LogP contribution in [0, 0.1) is 15.9 Å². The predicted molar refractivity (Wildman–Crippen MR) is 44.0 cm³/mol. The van der Waals surface area contributed by atoms with Crippen LogP contribution in [-0.4, -0.2) is 16.7 Å². The number of hydrogen-bond donors (Lipinski definition) is 1. The quantitative estimate of drug-likeness (QED) is 0.601. The summed E-state index contributed by atoms with van der Waals surface area (Å²) in [5.74, 6) is -0.982. The summed E-state index contributed by atoms with van der Waals surface area (Å²) in [6.45, 7) is -1.13. The fraction of sp³-hybridized carbons (Fsp3) is 0.250. The third-order valence-corrected chi connectivity index (χ3v) is 1.70. The standard InChI is InChI=1S/C8H7F2NO3/c9-4-8(12)6-2-1-5(11(13)14)3-7(6)10/h1-3,8,12H,4H2. The zero-order valence-electron chi connectivity index (χ0n) is 6.98. The van der Waals surface area contributed by atoms with Gasteiger partial charge in [-0.25, -0.2) is 8.78 Å². The number of aliphatic hydroxyl groups is 1. The van der Waals surface area contributed by atoms with Gasteiger partial charge in [-0.05, 0) is 6.07 Å². The minimum Gasteiger partial charge on any atom is -0.386 e. The average Bonchev–Trinajstić information content (AvgIpc) is 2.16. The molecule has 6 heteroatoms. The lowest BCUT2D eigenvalue weighted by Crippen LogP contribution is -2.03. The van der Waals surface area contributed by atoms with E-state index >= 15 is 0 Å². The van der Waals surface area contributed by atoms with Crippen molar-refractivity contribution >= 4 is 5.69 Å². The molecule has 0 aromatic heterocycles. The molecular weight excluding hydrogens is 196 g/mol. The minimum atomic E-state index is -1.57. The first-order chi connectivity index (χ1) is 6.56. The van der Waals surface area contributed by atoms with Crippen molar-refractivity contribution in [1.82, 2.24) is 0 Å². The molecular formula is C8H7F2NO3. The Balaban J connectivity index is 3.07. The highest BCUT2D eigenvalue weighted by molar-refractivity contribution is 5.35. The monoisotopic (exact) mass is 203 g/mol. The van der Waals surface area contributed by atoms with E-state index in [1.807, 2.05) is 0 Å². The molecule has 0 saturated carbocycles. The molecule has 0 heterocycles. The highest BCUT2D eigenvalue weighted by Gasteiger charge is 2.16. The van der Waals surface area contributed by atoms with Crippen LogP contribution in [0.15, 0.2) is 18.2 Å². The van der Waals surface area contributed by atoms with Crippen LogP contribution in [0.1, 0.15) is 11.7 Å². The molecule has 1 unspecified atom stereocenters. The van der Waals surface area contributed by atoms with Crippen molar-refractivity contribution in [1.29, 1.82) is 0 Å². The Morgan fingerprint density at radius 2 is 2.21 bits per heavy atom. The molecule has 14 heavy (non-hydrogen) atoms. The van der Waals surface area contributed by atoms with Gasteiger partial charge in [0.25, 0.3) is 5.69 Å². The number of benzene rings is 1. The van der Waals surface area contributed by atoms with Crippen LogP contribution in [0.4, 0.5) is 14.5 Å². The van der Waals surface area contributed by atoms with Crippen LogP contribution >= 0.6 is 0 Å². The second kappa shape index (κ2) is 4.10. The van der Waals surface area contributed by atoms with E-state index in [1.165, 1.54) is 0 Å². The predicted octanol–water partition coefficient (Wildman–Crippen LogP) is 1.74. The molecule has 0 amide bonds. The second-order valence-electron chi connectivity index (χ2n) is 2.63. The van der Waals surface area contributed by atoms with Gasteiger partial charge < -0.3 is 5.11 Å². The van der Waals surface area contributed by atoms with E-state index in [-0.39, 0.29) is 5.56 Å². The summed E-state index contributed by atoms with van der Waals surface area (Å²) in [5.41, 5.74) is -0.713. The fourth-order valence-corrected chi connectivity index (χ4v) is 0.983. The van der Waals surface area contributed by atoms with E-state index in [1.54, 1.807) is 0 Å². The van der Waals surface area contributed by atoms with E-state index in [2.05, 4.69) is 0 Å². The van der Waals surface area contributed by atoms with Gasteiger partial charge in [0.2, 0.25) is 0 Å². The summed E-state index contributed by atoms with van der Waals surface area (Å²) in [7, 11) is 0. The van der Waals surface area contributed by atoms with Crippen molar-refractivity contribution in [2.75, 3.05) is 6.67 Å². The summed E-state index contributed by atoms with van der Waals surface area (Å²) in [4.78, 5) is 9.44. The smallest absolute Gasteiger partial charge is 0.272 e. The van der Waals surface area contributed by atoms with Gasteiger partial charge in [-0.1, -0.05) is 0 Å². The van der Waals surface area contributed by atoms with E-state index < -0.39 is 29.2 Å². The number of aliphatic hydroxyl groups excluding tert-OH is 1. The van der Waals surface area contributed by atoms with Crippen LogP contribution in [0.5, 0.6) is 0 Å². The first-order valence-electron chi connectivity index (χ1n) is 3.74. The van der Waals surface area contributed by atoms with Crippen molar-refractivity contribution < 1.29 is 18.8 Å². The Morgan fingerprint density at radius 3 is 2.64 bits per heavy atom. The van der Waals surface area contributed by atoms with Crippen molar-refractivity contribution in [3.05, 3.63) is 39.7 Å². The number of nitro benzene ring substituents is 1. The molecule has 0 saturated heterocycles. The normalized spacial score (nSPS) is 12.5. The third kappa shape index (κ3) is 2.02. The fourth-order valence-electron chi connectivity index (χ4n) is 0.983. The number of nitrogens with zero attached hydrogens (tertiary/aromatic N) is 1. The number of halogens is 2. The first kappa shape index (κ1) is 10.5. The molecule has 1 rings (SSSR count). The lowest BCUT2D eigenvalue weighted by atomic mass is 10.1. The molecule has 0 aliphatic carbocycles. The van der Waals surface area contributed by atoms with Crippen LogP contribution in [-0.2, 0) is 0 Å². The number of non-ortho nitro benzene ring substituents is 1. The summed E-state index contributed by atoms with van der Waals surface area (Å²) >= 11 is 0. The van der Waals surface area contributed by atoms with Gasteiger partial charge >= 0.3 is 0 Å². The maximum atomic E-state index is 13.0. The summed E-state index contributed by atoms with van der Waals surface area (Å²) in [6.07, 6.45) is -1.57. The molecule has 1 atom stereocenters. The first-order valence-corrected chi connectivity index (χ1v) is 3.74. The maximum Gasteiger partial charge on any atom is 0.272 e. The van der Waals surface area contributed by atoms with Gasteiger partial charge in [0, 0.05) is 11.6 Å². The van der Waals surface area contributed by atoms with Gasteiger partial charge in [0.1, 0.15) is 18.6 Å². The Labute approximate surface area is 77.9 Å². The Bertz CT molecular complexity index is 356. The summed E-state index contributed by atoms with van der Waals surface area (Å²) < 4.78 is 25.0. The van der Waals surface area contributed by atoms with Gasteiger partial charge in [-0.3, -0.25) is 10.1 Å². The number of alkyl halides is 1. The van der Waals surface area contributed by atoms with Gasteiger partial charge in [0.15, 0.2) is 0 Å². The van der Waals surface area contributed by atoms with Crippen LogP contribution in [0.25, 0.3) is 0 Å². The largest absolute Gasteiger partial charge is 0.386 e. The maximum absolute atomic E-state index is 13.0. The van der Waals surface area contributed by atoms with Crippen LogP contribution in [0.2, 0.25) is 0 Å². The third-order valence-electron chi connectivity index (χ3n) is 1.70. The molecule has 0 aliphatic heterocycles. The van der Waals surface area contributed by atoms with Crippen molar-refractivity contribution in [3.63, 3.8) is 0 Å². The Hall–Kier alpha value is -1.56. The minimum absolute atomic E-state index is 0.280. The molecule has 0 radical (unpaired) electrons. The van der Waals surface area contributed by atoms with Gasteiger partial charge in [-0.15, -0.1) is 0 Å². The highest BCUT2D eigenvalue weighted by Crippen LogP contribution is 2.21. The molecule has 76 valence electrons. The van der Waals surface area contributed by atoms with Gasteiger partial charge in [-0.2, -0.15) is 0 Å².